The van der Waals surface area contributed by atoms with Crippen molar-refractivity contribution in [3.8, 4) is 17.0 Å². The summed E-state index contributed by atoms with van der Waals surface area (Å²) in [6.45, 7) is 9.20. The Morgan fingerprint density at radius 3 is 2.38 bits per heavy atom. The minimum atomic E-state index is -0.00656. The molecule has 0 fully saturated rings. The Balaban J connectivity index is 1.91. The highest BCUT2D eigenvalue weighted by Gasteiger charge is 2.20. The first-order chi connectivity index (χ1) is 11.4. The van der Waals surface area contributed by atoms with Gasteiger partial charge in [-0.2, -0.15) is 5.10 Å². The van der Waals surface area contributed by atoms with Crippen molar-refractivity contribution in [3.05, 3.63) is 71.4 Å². The van der Waals surface area contributed by atoms with E-state index in [9.17, 15) is 0 Å². The van der Waals surface area contributed by atoms with E-state index in [1.54, 1.807) is 0 Å². The van der Waals surface area contributed by atoms with Gasteiger partial charge in [0.1, 0.15) is 12.4 Å². The van der Waals surface area contributed by atoms with Gasteiger partial charge in [-0.1, -0.05) is 51.1 Å². The number of ether oxygens (including phenoxy) is 1. The fourth-order valence-electron chi connectivity index (χ4n) is 2.70. The van der Waals surface area contributed by atoms with Crippen molar-refractivity contribution in [3.63, 3.8) is 0 Å². The van der Waals surface area contributed by atoms with E-state index in [0.29, 0.717) is 6.61 Å². The summed E-state index contributed by atoms with van der Waals surface area (Å²) in [7, 11) is 0. The van der Waals surface area contributed by atoms with Crippen LogP contribution in [0, 0.1) is 6.92 Å². The molecule has 3 nitrogen and oxygen atoms in total. The summed E-state index contributed by atoms with van der Waals surface area (Å²) in [6.07, 6.45) is 0. The predicted octanol–water partition coefficient (Wildman–Crippen LogP) is 5.26. The Bertz CT molecular complexity index is 813. The molecule has 1 aromatic heterocycles. The van der Waals surface area contributed by atoms with Crippen molar-refractivity contribution >= 4 is 0 Å². The molecule has 0 aliphatic rings. The van der Waals surface area contributed by atoms with Gasteiger partial charge >= 0.3 is 0 Å². The maximum Gasteiger partial charge on any atom is 0.123 e. The van der Waals surface area contributed by atoms with Gasteiger partial charge in [0.05, 0.1) is 5.69 Å². The highest BCUT2D eigenvalue weighted by atomic mass is 16.5. The lowest BCUT2D eigenvalue weighted by molar-refractivity contribution is 0.297. The average Bonchev–Trinajstić information content (AvgIpc) is 2.99. The van der Waals surface area contributed by atoms with Gasteiger partial charge in [-0.25, -0.2) is 0 Å². The smallest absolute Gasteiger partial charge is 0.123 e. The molecule has 0 aliphatic heterocycles. The van der Waals surface area contributed by atoms with Crippen molar-refractivity contribution in [1.82, 2.24) is 10.2 Å². The molecular formula is C21H24N2O. The molecule has 2 aromatic carbocycles. The van der Waals surface area contributed by atoms with Crippen LogP contribution >= 0.6 is 0 Å². The van der Waals surface area contributed by atoms with Crippen molar-refractivity contribution in [2.24, 2.45) is 0 Å². The second-order valence-corrected chi connectivity index (χ2v) is 7.17. The third-order valence-electron chi connectivity index (χ3n) is 4.03. The quantitative estimate of drug-likeness (QED) is 0.712. The van der Waals surface area contributed by atoms with Crippen molar-refractivity contribution < 1.29 is 4.74 Å². The van der Waals surface area contributed by atoms with Crippen LogP contribution in [0.4, 0.5) is 0 Å². The predicted molar refractivity (Wildman–Crippen MR) is 98.2 cm³/mol. The van der Waals surface area contributed by atoms with Crippen LogP contribution in [-0.2, 0) is 12.0 Å². The first-order valence-electron chi connectivity index (χ1n) is 8.27. The van der Waals surface area contributed by atoms with Crippen molar-refractivity contribution in [2.45, 2.75) is 39.7 Å². The zero-order valence-electron chi connectivity index (χ0n) is 14.8. The van der Waals surface area contributed by atoms with Gasteiger partial charge in [-0.15, -0.1) is 0 Å². The molecule has 0 atom stereocenters. The summed E-state index contributed by atoms with van der Waals surface area (Å²) in [5, 5.41) is 7.37. The van der Waals surface area contributed by atoms with Crippen LogP contribution in [-0.4, -0.2) is 10.2 Å². The Kier molecular flexibility index (Phi) is 4.43. The summed E-state index contributed by atoms with van der Waals surface area (Å²) in [5.74, 6) is 0.933. The van der Waals surface area contributed by atoms with E-state index in [-0.39, 0.29) is 5.41 Å². The van der Waals surface area contributed by atoms with Gasteiger partial charge in [0.25, 0.3) is 0 Å². The molecule has 0 spiro atoms. The zero-order valence-corrected chi connectivity index (χ0v) is 14.8. The Morgan fingerprint density at radius 1 is 1.00 bits per heavy atom. The van der Waals surface area contributed by atoms with E-state index in [1.165, 1.54) is 11.1 Å². The summed E-state index contributed by atoms with van der Waals surface area (Å²) in [6, 6.07) is 18.6. The molecule has 124 valence electrons. The number of benzene rings is 2. The minimum absolute atomic E-state index is 0.00656. The van der Waals surface area contributed by atoms with Crippen LogP contribution in [0.25, 0.3) is 11.3 Å². The first kappa shape index (κ1) is 16.3. The summed E-state index contributed by atoms with van der Waals surface area (Å²) in [5.41, 5.74) is 5.49. The van der Waals surface area contributed by atoms with Gasteiger partial charge in [0.2, 0.25) is 0 Å². The second kappa shape index (κ2) is 6.52. The summed E-state index contributed by atoms with van der Waals surface area (Å²) < 4.78 is 6.12. The van der Waals surface area contributed by atoms with Gasteiger partial charge < -0.3 is 4.74 Å². The normalized spacial score (nSPS) is 11.5. The zero-order chi connectivity index (χ0) is 17.2. The standard InChI is InChI=1S/C21H24N2O/c1-15-12-19(23-22-15)17-10-11-20(18(13-17)21(2,3)4)24-14-16-8-6-5-7-9-16/h5-13H,14H2,1-4H3,(H,22,23). The topological polar surface area (TPSA) is 37.9 Å². The van der Waals surface area contributed by atoms with Crippen LogP contribution in [0.2, 0.25) is 0 Å². The highest BCUT2D eigenvalue weighted by Crippen LogP contribution is 2.35. The number of nitrogens with one attached hydrogen (secondary N) is 1. The molecule has 24 heavy (non-hydrogen) atoms. The van der Waals surface area contributed by atoms with Crippen LogP contribution in [0.5, 0.6) is 5.75 Å². The molecule has 0 saturated heterocycles. The molecule has 3 rings (SSSR count). The number of aromatic amines is 1. The average molecular weight is 320 g/mol. The second-order valence-electron chi connectivity index (χ2n) is 7.17. The Morgan fingerprint density at radius 2 is 1.75 bits per heavy atom. The van der Waals surface area contributed by atoms with Crippen molar-refractivity contribution in [2.75, 3.05) is 0 Å². The molecular weight excluding hydrogens is 296 g/mol. The molecule has 0 aliphatic carbocycles. The van der Waals surface area contributed by atoms with Crippen LogP contribution < -0.4 is 4.74 Å². The lowest BCUT2D eigenvalue weighted by atomic mass is 9.85. The maximum atomic E-state index is 6.12. The van der Waals surface area contributed by atoms with Crippen molar-refractivity contribution in [1.29, 1.82) is 0 Å². The van der Waals surface area contributed by atoms with E-state index < -0.39 is 0 Å². The molecule has 0 unspecified atom stereocenters. The number of aromatic nitrogens is 2. The molecule has 3 heteroatoms. The molecule has 0 amide bonds. The molecule has 1 heterocycles. The fourth-order valence-corrected chi connectivity index (χ4v) is 2.70. The molecule has 0 saturated carbocycles. The number of hydrogen-bond acceptors (Lipinski definition) is 2. The SMILES string of the molecule is Cc1cc(-c2ccc(OCc3ccccc3)c(C(C)(C)C)c2)n[nH]1. The summed E-state index contributed by atoms with van der Waals surface area (Å²) >= 11 is 0. The van der Waals surface area contributed by atoms with E-state index in [1.807, 2.05) is 25.1 Å². The Labute approximate surface area is 143 Å². The van der Waals surface area contributed by atoms with Gasteiger partial charge in [-0.05, 0) is 42.2 Å². The van der Waals surface area contributed by atoms with Gasteiger partial charge in [0, 0.05) is 16.8 Å². The number of H-pyrrole nitrogens is 1. The maximum absolute atomic E-state index is 6.12. The van der Waals surface area contributed by atoms with E-state index in [4.69, 9.17) is 4.74 Å². The largest absolute Gasteiger partial charge is 0.489 e. The van der Waals surface area contributed by atoms with Crippen LogP contribution in [0.3, 0.4) is 0 Å². The van der Waals surface area contributed by atoms with E-state index in [2.05, 4.69) is 67.4 Å². The number of hydrogen-bond donors (Lipinski definition) is 1. The van der Waals surface area contributed by atoms with Gasteiger partial charge in [-0.3, -0.25) is 5.10 Å². The number of rotatable bonds is 4. The first-order valence-corrected chi connectivity index (χ1v) is 8.27. The fraction of sp³-hybridized carbons (Fsp3) is 0.286. The monoisotopic (exact) mass is 320 g/mol. The minimum Gasteiger partial charge on any atom is -0.489 e. The molecule has 0 bridgehead atoms. The van der Waals surface area contributed by atoms with Crippen LogP contribution in [0.1, 0.15) is 37.6 Å². The van der Waals surface area contributed by atoms with E-state index >= 15 is 0 Å². The third kappa shape index (κ3) is 3.67. The van der Waals surface area contributed by atoms with Crippen LogP contribution in [0.15, 0.2) is 54.6 Å². The molecule has 0 radical (unpaired) electrons. The lowest BCUT2D eigenvalue weighted by Gasteiger charge is -2.23. The lowest BCUT2D eigenvalue weighted by Crippen LogP contribution is -2.13. The summed E-state index contributed by atoms with van der Waals surface area (Å²) in [4.78, 5) is 0. The molecule has 3 aromatic rings. The van der Waals surface area contributed by atoms with E-state index in [0.717, 1.165) is 22.7 Å². The van der Waals surface area contributed by atoms with Gasteiger partial charge in [0.15, 0.2) is 0 Å². The highest BCUT2D eigenvalue weighted by molar-refractivity contribution is 5.63. The third-order valence-corrected chi connectivity index (χ3v) is 4.03. The number of aryl methyl sites for hydroxylation is 1. The Hall–Kier alpha value is -2.55. The molecule has 1 N–H and O–H groups in total. The number of nitrogens with zero attached hydrogens (tertiary/aromatic N) is 1.